The summed E-state index contributed by atoms with van der Waals surface area (Å²) in [5.41, 5.74) is 2.56. The highest BCUT2D eigenvalue weighted by molar-refractivity contribution is 5.62. The van der Waals surface area contributed by atoms with E-state index in [1.54, 1.807) is 12.4 Å². The van der Waals surface area contributed by atoms with E-state index in [4.69, 9.17) is 0 Å². The molecule has 4 nitrogen and oxygen atoms in total. The normalized spacial score (nSPS) is 17.3. The topological polar surface area (TPSA) is 56.6 Å². The average Bonchev–Trinajstić information content (AvgIpc) is 2.56. The molecule has 23 heavy (non-hydrogen) atoms. The number of aromatic nitrogens is 1. The number of benzene rings is 1. The molecule has 122 valence electrons. The van der Waals surface area contributed by atoms with Gasteiger partial charge in [-0.3, -0.25) is 4.98 Å². The highest BCUT2D eigenvalue weighted by Crippen LogP contribution is 2.29. The maximum absolute atomic E-state index is 10.5. The van der Waals surface area contributed by atoms with Crippen molar-refractivity contribution in [3.63, 3.8) is 0 Å². The van der Waals surface area contributed by atoms with Crippen LogP contribution in [0.1, 0.15) is 37.7 Å². The molecule has 0 radical (unpaired) electrons. The van der Waals surface area contributed by atoms with Gasteiger partial charge in [0.15, 0.2) is 0 Å². The van der Waals surface area contributed by atoms with Crippen molar-refractivity contribution in [2.24, 2.45) is 0 Å². The van der Waals surface area contributed by atoms with E-state index in [-0.39, 0.29) is 0 Å². The Hall–Kier alpha value is -1.75. The summed E-state index contributed by atoms with van der Waals surface area (Å²) in [6.07, 6.45) is 8.41. The van der Waals surface area contributed by atoms with Crippen LogP contribution in [0.3, 0.4) is 0 Å². The molecule has 0 bridgehead atoms. The Morgan fingerprint density at radius 3 is 2.17 bits per heavy atom. The number of hydroxylamine groups is 2. The van der Waals surface area contributed by atoms with Gasteiger partial charge in [-0.2, -0.15) is 5.06 Å². The third-order valence-corrected chi connectivity index (χ3v) is 4.59. The Morgan fingerprint density at radius 1 is 0.913 bits per heavy atom. The van der Waals surface area contributed by atoms with Crippen molar-refractivity contribution in [1.29, 1.82) is 0 Å². The van der Waals surface area contributed by atoms with Gasteiger partial charge >= 0.3 is 0 Å². The Bertz CT molecular complexity index is 607. The number of hydrogen-bond acceptors (Lipinski definition) is 4. The molecule has 1 heterocycles. The van der Waals surface area contributed by atoms with Crippen LogP contribution >= 0.6 is 0 Å². The van der Waals surface area contributed by atoms with E-state index in [9.17, 15) is 10.3 Å². The fraction of sp³-hybridized carbons (Fsp3) is 0.421. The molecule has 0 amide bonds. The van der Waals surface area contributed by atoms with Crippen LogP contribution in [0.25, 0.3) is 11.1 Å². The van der Waals surface area contributed by atoms with E-state index >= 15 is 0 Å². The zero-order valence-electron chi connectivity index (χ0n) is 13.4. The average molecular weight is 312 g/mol. The zero-order valence-corrected chi connectivity index (χ0v) is 13.4. The van der Waals surface area contributed by atoms with Crippen molar-refractivity contribution in [2.45, 2.75) is 44.2 Å². The summed E-state index contributed by atoms with van der Waals surface area (Å²) >= 11 is 0. The standard InChI is InChI=1S/C19H24N2O2/c22-19(10-2-1-3-11-19)15-21(23)14-16-4-6-17(7-5-16)18-8-12-20-13-9-18/h4-9,12-13,22-23H,1-3,10-11,14-15H2. The van der Waals surface area contributed by atoms with Gasteiger partial charge in [0.05, 0.1) is 12.1 Å². The number of pyridine rings is 1. The fourth-order valence-corrected chi connectivity index (χ4v) is 3.32. The molecule has 0 atom stereocenters. The van der Waals surface area contributed by atoms with Gasteiger partial charge in [0.2, 0.25) is 0 Å². The minimum Gasteiger partial charge on any atom is -0.388 e. The lowest BCUT2D eigenvalue weighted by Gasteiger charge is -2.34. The van der Waals surface area contributed by atoms with Crippen LogP contribution in [0.15, 0.2) is 48.8 Å². The van der Waals surface area contributed by atoms with E-state index in [0.717, 1.165) is 42.4 Å². The van der Waals surface area contributed by atoms with E-state index in [2.05, 4.69) is 4.98 Å². The maximum atomic E-state index is 10.5. The molecular formula is C19H24N2O2. The van der Waals surface area contributed by atoms with E-state index in [1.165, 1.54) is 11.5 Å². The van der Waals surface area contributed by atoms with Gasteiger partial charge in [-0.25, -0.2) is 0 Å². The minimum atomic E-state index is -0.732. The van der Waals surface area contributed by atoms with Gasteiger partial charge in [0.25, 0.3) is 0 Å². The lowest BCUT2D eigenvalue weighted by molar-refractivity contribution is -0.154. The van der Waals surface area contributed by atoms with Crippen LogP contribution in [-0.4, -0.2) is 32.5 Å². The Kier molecular flexibility index (Phi) is 5.06. The second kappa shape index (κ2) is 7.21. The van der Waals surface area contributed by atoms with Crippen LogP contribution in [0, 0.1) is 0 Å². The first-order chi connectivity index (χ1) is 11.1. The highest BCUT2D eigenvalue weighted by atomic mass is 16.5. The molecule has 1 aliphatic carbocycles. The molecule has 3 rings (SSSR count). The second-order valence-electron chi connectivity index (χ2n) is 6.54. The van der Waals surface area contributed by atoms with Crippen molar-refractivity contribution in [2.75, 3.05) is 6.54 Å². The third kappa shape index (κ3) is 4.38. The predicted octanol–water partition coefficient (Wildman–Crippen LogP) is 3.64. The summed E-state index contributed by atoms with van der Waals surface area (Å²) in [7, 11) is 0. The quantitative estimate of drug-likeness (QED) is 0.828. The van der Waals surface area contributed by atoms with Crippen molar-refractivity contribution in [3.05, 3.63) is 54.4 Å². The molecular weight excluding hydrogens is 288 g/mol. The molecule has 1 saturated carbocycles. The molecule has 1 aromatic carbocycles. The van der Waals surface area contributed by atoms with E-state index < -0.39 is 5.60 Å². The second-order valence-corrected chi connectivity index (χ2v) is 6.54. The van der Waals surface area contributed by atoms with Crippen LogP contribution in [0.5, 0.6) is 0 Å². The van der Waals surface area contributed by atoms with Crippen molar-refractivity contribution in [3.8, 4) is 11.1 Å². The molecule has 2 aromatic rings. The first-order valence-corrected chi connectivity index (χ1v) is 8.30. The monoisotopic (exact) mass is 312 g/mol. The van der Waals surface area contributed by atoms with Crippen LogP contribution < -0.4 is 0 Å². The Morgan fingerprint density at radius 2 is 1.52 bits per heavy atom. The zero-order chi connectivity index (χ0) is 16.1. The minimum absolute atomic E-state index is 0.319. The smallest absolute Gasteiger partial charge is 0.0797 e. The highest BCUT2D eigenvalue weighted by Gasteiger charge is 2.31. The first kappa shape index (κ1) is 16.1. The molecule has 0 spiro atoms. The van der Waals surface area contributed by atoms with Crippen molar-refractivity contribution in [1.82, 2.24) is 10.0 Å². The summed E-state index contributed by atoms with van der Waals surface area (Å²) < 4.78 is 0. The molecule has 0 saturated heterocycles. The molecule has 2 N–H and O–H groups in total. The summed E-state index contributed by atoms with van der Waals surface area (Å²) in [5.74, 6) is 0. The summed E-state index contributed by atoms with van der Waals surface area (Å²) in [5, 5.41) is 21.9. The number of rotatable bonds is 5. The van der Waals surface area contributed by atoms with Gasteiger partial charge < -0.3 is 10.3 Å². The van der Waals surface area contributed by atoms with E-state index in [0.29, 0.717) is 13.1 Å². The Labute approximate surface area is 137 Å². The fourth-order valence-electron chi connectivity index (χ4n) is 3.32. The predicted molar refractivity (Wildman–Crippen MR) is 89.9 cm³/mol. The molecule has 0 unspecified atom stereocenters. The van der Waals surface area contributed by atoms with Crippen LogP contribution in [-0.2, 0) is 6.54 Å². The number of nitrogens with zero attached hydrogens (tertiary/aromatic N) is 2. The largest absolute Gasteiger partial charge is 0.388 e. The molecule has 0 aliphatic heterocycles. The van der Waals surface area contributed by atoms with Crippen LogP contribution in [0.4, 0.5) is 0 Å². The lowest BCUT2D eigenvalue weighted by atomic mass is 9.85. The summed E-state index contributed by atoms with van der Waals surface area (Å²) in [6.45, 7) is 0.748. The van der Waals surface area contributed by atoms with Gasteiger partial charge in [0, 0.05) is 18.9 Å². The summed E-state index contributed by atoms with van der Waals surface area (Å²) in [4.78, 5) is 4.03. The first-order valence-electron chi connectivity index (χ1n) is 8.30. The van der Waals surface area contributed by atoms with Crippen LogP contribution in [0.2, 0.25) is 0 Å². The van der Waals surface area contributed by atoms with Crippen molar-refractivity contribution < 1.29 is 10.3 Å². The number of hydrogen-bond donors (Lipinski definition) is 2. The SMILES string of the molecule is ON(Cc1ccc(-c2ccncc2)cc1)CC1(O)CCCCC1. The van der Waals surface area contributed by atoms with E-state index in [1.807, 2.05) is 36.4 Å². The molecule has 1 aromatic heterocycles. The van der Waals surface area contributed by atoms with Gasteiger partial charge in [-0.1, -0.05) is 43.5 Å². The molecule has 4 heteroatoms. The summed E-state index contributed by atoms with van der Waals surface area (Å²) in [6, 6.07) is 12.1. The van der Waals surface area contributed by atoms with Gasteiger partial charge in [-0.05, 0) is 41.7 Å². The third-order valence-electron chi connectivity index (χ3n) is 4.59. The lowest BCUT2D eigenvalue weighted by Crippen LogP contribution is -2.42. The Balaban J connectivity index is 1.59. The molecule has 1 aliphatic rings. The molecule has 1 fully saturated rings. The van der Waals surface area contributed by atoms with Gasteiger partial charge in [0.1, 0.15) is 0 Å². The number of aliphatic hydroxyl groups is 1. The maximum Gasteiger partial charge on any atom is 0.0797 e. The van der Waals surface area contributed by atoms with Crippen molar-refractivity contribution >= 4 is 0 Å². The van der Waals surface area contributed by atoms with Gasteiger partial charge in [-0.15, -0.1) is 0 Å².